The molecule has 1 atom stereocenters. The molecule has 2 saturated heterocycles. The van der Waals surface area contributed by atoms with E-state index < -0.39 is 0 Å². The maximum atomic E-state index is 13.3. The van der Waals surface area contributed by atoms with Gasteiger partial charge in [0, 0.05) is 39.1 Å². The minimum atomic E-state index is -0.266. The fraction of sp³-hybridized carbons (Fsp3) is 0.619. The number of rotatable bonds is 7. The highest BCUT2D eigenvalue weighted by Gasteiger charge is 2.48. The van der Waals surface area contributed by atoms with Gasteiger partial charge >= 0.3 is 0 Å². The van der Waals surface area contributed by atoms with Crippen LogP contribution >= 0.6 is 0 Å². The summed E-state index contributed by atoms with van der Waals surface area (Å²) in [6.45, 7) is 6.46. The van der Waals surface area contributed by atoms with Gasteiger partial charge in [-0.1, -0.05) is 12.1 Å². The van der Waals surface area contributed by atoms with Crippen LogP contribution in [0.4, 0.5) is 0 Å². The molecule has 27 heavy (non-hydrogen) atoms. The molecule has 1 aromatic carbocycles. The first-order valence-electron chi connectivity index (χ1n) is 9.98. The first kappa shape index (κ1) is 19.7. The van der Waals surface area contributed by atoms with E-state index in [4.69, 9.17) is 4.74 Å². The predicted molar refractivity (Wildman–Crippen MR) is 104 cm³/mol. The van der Waals surface area contributed by atoms with E-state index in [1.807, 2.05) is 36.1 Å². The Morgan fingerprint density at radius 3 is 2.93 bits per heavy atom. The molecular weight excluding hydrogens is 342 g/mol. The van der Waals surface area contributed by atoms with Crippen molar-refractivity contribution in [2.75, 3.05) is 39.8 Å². The molecule has 0 bridgehead atoms. The standard InChI is InChI=1S/C21H31N3O3/c1-3-22-19(25)8-12-23-13-10-21(16-23)9-5-11-24(20(21)26)15-17-6-4-7-18(14-17)27-2/h4,6-7,14H,3,5,8-13,15-16H2,1-2H3,(H,22,25). The average Bonchev–Trinajstić information content (AvgIpc) is 3.08. The van der Waals surface area contributed by atoms with Crippen molar-refractivity contribution in [3.63, 3.8) is 0 Å². The lowest BCUT2D eigenvalue weighted by Gasteiger charge is -2.39. The van der Waals surface area contributed by atoms with Gasteiger partial charge in [-0.15, -0.1) is 0 Å². The van der Waals surface area contributed by atoms with Crippen LogP contribution in [0.25, 0.3) is 0 Å². The van der Waals surface area contributed by atoms with Gasteiger partial charge in [0.05, 0.1) is 12.5 Å². The number of piperidine rings is 1. The number of hydrogen-bond donors (Lipinski definition) is 1. The zero-order chi connectivity index (χ0) is 19.3. The maximum absolute atomic E-state index is 13.3. The van der Waals surface area contributed by atoms with E-state index in [2.05, 4.69) is 10.2 Å². The molecule has 1 spiro atoms. The van der Waals surface area contributed by atoms with Gasteiger partial charge < -0.3 is 19.9 Å². The number of carbonyl (C=O) groups is 2. The van der Waals surface area contributed by atoms with Gasteiger partial charge in [-0.05, 0) is 50.4 Å². The lowest BCUT2D eigenvalue weighted by atomic mass is 9.78. The van der Waals surface area contributed by atoms with Gasteiger partial charge in [-0.3, -0.25) is 9.59 Å². The minimum Gasteiger partial charge on any atom is -0.497 e. The summed E-state index contributed by atoms with van der Waals surface area (Å²) in [6.07, 6.45) is 3.40. The summed E-state index contributed by atoms with van der Waals surface area (Å²) in [5.74, 6) is 1.19. The van der Waals surface area contributed by atoms with Crippen LogP contribution in [0, 0.1) is 5.41 Å². The SMILES string of the molecule is CCNC(=O)CCN1CCC2(CCCN(Cc3cccc(OC)c3)C2=O)C1. The number of hydrogen-bond acceptors (Lipinski definition) is 4. The van der Waals surface area contributed by atoms with Gasteiger partial charge in [0.15, 0.2) is 0 Å². The van der Waals surface area contributed by atoms with Crippen LogP contribution in [-0.4, -0.2) is 61.4 Å². The molecule has 2 aliphatic heterocycles. The summed E-state index contributed by atoms with van der Waals surface area (Å²) < 4.78 is 5.30. The van der Waals surface area contributed by atoms with Crippen molar-refractivity contribution in [2.24, 2.45) is 5.41 Å². The van der Waals surface area contributed by atoms with Crippen LogP contribution in [0.1, 0.15) is 38.2 Å². The Kier molecular flexibility index (Phi) is 6.37. The number of carbonyl (C=O) groups excluding carboxylic acids is 2. The zero-order valence-corrected chi connectivity index (χ0v) is 16.5. The van der Waals surface area contributed by atoms with Crippen molar-refractivity contribution in [1.82, 2.24) is 15.1 Å². The Balaban J connectivity index is 1.60. The van der Waals surface area contributed by atoms with Crippen LogP contribution in [-0.2, 0) is 16.1 Å². The average molecular weight is 373 g/mol. The van der Waals surface area contributed by atoms with Crippen molar-refractivity contribution in [3.8, 4) is 5.75 Å². The normalized spacial score (nSPS) is 23.0. The number of amides is 2. The van der Waals surface area contributed by atoms with Gasteiger partial charge in [-0.25, -0.2) is 0 Å². The molecular formula is C21H31N3O3. The van der Waals surface area contributed by atoms with Crippen molar-refractivity contribution >= 4 is 11.8 Å². The smallest absolute Gasteiger partial charge is 0.230 e. The number of ether oxygens (including phenoxy) is 1. The fourth-order valence-corrected chi connectivity index (χ4v) is 4.37. The van der Waals surface area contributed by atoms with Crippen molar-refractivity contribution in [1.29, 1.82) is 0 Å². The Bertz CT molecular complexity index is 678. The number of nitrogens with zero attached hydrogens (tertiary/aromatic N) is 2. The third kappa shape index (κ3) is 4.61. The summed E-state index contributed by atoms with van der Waals surface area (Å²) in [4.78, 5) is 29.3. The summed E-state index contributed by atoms with van der Waals surface area (Å²) >= 11 is 0. The molecule has 6 heteroatoms. The monoisotopic (exact) mass is 373 g/mol. The molecule has 6 nitrogen and oxygen atoms in total. The fourth-order valence-electron chi connectivity index (χ4n) is 4.37. The Morgan fingerprint density at radius 2 is 2.15 bits per heavy atom. The molecule has 2 amide bonds. The maximum Gasteiger partial charge on any atom is 0.230 e. The summed E-state index contributed by atoms with van der Waals surface area (Å²) in [5, 5.41) is 2.84. The number of benzene rings is 1. The third-order valence-corrected chi connectivity index (χ3v) is 5.79. The van der Waals surface area contributed by atoms with E-state index in [0.29, 0.717) is 19.5 Å². The second-order valence-corrected chi connectivity index (χ2v) is 7.69. The summed E-state index contributed by atoms with van der Waals surface area (Å²) in [6, 6.07) is 7.94. The lowest BCUT2D eigenvalue weighted by Crippen LogP contribution is -2.49. The second kappa shape index (κ2) is 8.74. The first-order chi connectivity index (χ1) is 13.1. The summed E-state index contributed by atoms with van der Waals surface area (Å²) in [7, 11) is 1.66. The third-order valence-electron chi connectivity index (χ3n) is 5.79. The Hall–Kier alpha value is -2.08. The van der Waals surface area contributed by atoms with Gasteiger partial charge in [-0.2, -0.15) is 0 Å². The molecule has 1 aromatic rings. The highest BCUT2D eigenvalue weighted by Crippen LogP contribution is 2.40. The van der Waals surface area contributed by atoms with Gasteiger partial charge in [0.1, 0.15) is 5.75 Å². The molecule has 1 unspecified atom stereocenters. The van der Waals surface area contributed by atoms with Crippen molar-refractivity contribution in [2.45, 2.75) is 39.2 Å². The molecule has 1 N–H and O–H groups in total. The van der Waals surface area contributed by atoms with Crippen LogP contribution in [0.3, 0.4) is 0 Å². The van der Waals surface area contributed by atoms with E-state index in [1.54, 1.807) is 7.11 Å². The highest BCUT2D eigenvalue weighted by atomic mass is 16.5. The van der Waals surface area contributed by atoms with Gasteiger partial charge in [0.2, 0.25) is 11.8 Å². The van der Waals surface area contributed by atoms with Crippen molar-refractivity contribution in [3.05, 3.63) is 29.8 Å². The lowest BCUT2D eigenvalue weighted by molar-refractivity contribution is -0.146. The molecule has 0 saturated carbocycles. The molecule has 3 rings (SSSR count). The van der Waals surface area contributed by atoms with Crippen LogP contribution in [0.2, 0.25) is 0 Å². The molecule has 2 heterocycles. The van der Waals surface area contributed by atoms with E-state index in [9.17, 15) is 9.59 Å². The first-order valence-corrected chi connectivity index (χ1v) is 9.98. The van der Waals surface area contributed by atoms with Crippen LogP contribution < -0.4 is 10.1 Å². The largest absolute Gasteiger partial charge is 0.497 e. The van der Waals surface area contributed by atoms with E-state index in [1.165, 1.54) is 0 Å². The number of likely N-dealkylation sites (tertiary alicyclic amines) is 2. The predicted octanol–water partition coefficient (Wildman–Crippen LogP) is 2.04. The topological polar surface area (TPSA) is 61.9 Å². The Morgan fingerprint density at radius 1 is 1.30 bits per heavy atom. The van der Waals surface area contributed by atoms with E-state index in [0.717, 1.165) is 56.8 Å². The van der Waals surface area contributed by atoms with Crippen molar-refractivity contribution < 1.29 is 14.3 Å². The van der Waals surface area contributed by atoms with E-state index >= 15 is 0 Å². The second-order valence-electron chi connectivity index (χ2n) is 7.69. The Labute approximate surface area is 161 Å². The zero-order valence-electron chi connectivity index (χ0n) is 16.5. The van der Waals surface area contributed by atoms with Crippen LogP contribution in [0.5, 0.6) is 5.75 Å². The molecule has 148 valence electrons. The number of nitrogens with one attached hydrogen (secondary N) is 1. The van der Waals surface area contributed by atoms with E-state index in [-0.39, 0.29) is 17.2 Å². The molecule has 2 aliphatic rings. The van der Waals surface area contributed by atoms with Crippen LogP contribution in [0.15, 0.2) is 24.3 Å². The quantitative estimate of drug-likeness (QED) is 0.795. The molecule has 0 radical (unpaired) electrons. The highest BCUT2D eigenvalue weighted by molar-refractivity contribution is 5.84. The molecule has 2 fully saturated rings. The molecule has 0 aliphatic carbocycles. The minimum absolute atomic E-state index is 0.0908. The van der Waals surface area contributed by atoms with Gasteiger partial charge in [0.25, 0.3) is 0 Å². The number of methoxy groups -OCH3 is 1. The summed E-state index contributed by atoms with van der Waals surface area (Å²) in [5.41, 5.74) is 0.837. The molecule has 0 aromatic heterocycles.